The van der Waals surface area contributed by atoms with Gasteiger partial charge in [-0.15, -0.1) is 0 Å². The number of sulfonamides is 1. The van der Waals surface area contributed by atoms with Crippen molar-refractivity contribution >= 4 is 16.0 Å². The number of nitrogens with zero attached hydrogens (tertiary/aromatic N) is 1. The lowest BCUT2D eigenvalue weighted by atomic mass is 9.83. The van der Waals surface area contributed by atoms with E-state index >= 15 is 0 Å². The van der Waals surface area contributed by atoms with Crippen LogP contribution in [-0.2, 0) is 14.8 Å². The van der Waals surface area contributed by atoms with Crippen molar-refractivity contribution in [2.45, 2.75) is 57.1 Å². The van der Waals surface area contributed by atoms with E-state index in [1.165, 1.54) is 4.31 Å². The zero-order valence-corrected chi connectivity index (χ0v) is 15.1. The molecule has 24 heavy (non-hydrogen) atoms. The fourth-order valence-corrected chi connectivity index (χ4v) is 4.69. The summed E-state index contributed by atoms with van der Waals surface area (Å²) in [6.45, 7) is 5.06. The predicted octanol–water partition coefficient (Wildman–Crippen LogP) is 2.01. The standard InChI is InChI=1S/C17H25NO5S/c1-12-4-8-15(9-5-12)24(22,23)18-11-14(19)7-6-13(18)10-17(2,3)16(20)21/h4-5,8-9,13-14,19H,6-7,10-11H2,1-3H3,(H,20,21)/t13-,14+/m0/s1. The van der Waals surface area contributed by atoms with E-state index in [9.17, 15) is 23.4 Å². The first-order valence-corrected chi connectivity index (χ1v) is 9.48. The van der Waals surface area contributed by atoms with Crippen LogP contribution in [0.4, 0.5) is 0 Å². The van der Waals surface area contributed by atoms with Crippen molar-refractivity contribution in [2.24, 2.45) is 5.41 Å². The molecule has 1 aliphatic rings. The number of piperidine rings is 1. The molecule has 2 rings (SSSR count). The molecular weight excluding hydrogens is 330 g/mol. The molecule has 1 aromatic carbocycles. The number of aliphatic hydroxyl groups is 1. The van der Waals surface area contributed by atoms with Gasteiger partial charge in [-0.1, -0.05) is 17.7 Å². The number of hydrogen-bond acceptors (Lipinski definition) is 4. The summed E-state index contributed by atoms with van der Waals surface area (Å²) in [5.74, 6) is -0.957. The molecule has 0 radical (unpaired) electrons. The Bertz CT molecular complexity index is 696. The van der Waals surface area contributed by atoms with E-state index in [-0.39, 0.29) is 17.9 Å². The van der Waals surface area contributed by atoms with Crippen molar-refractivity contribution in [3.05, 3.63) is 29.8 Å². The number of carboxylic acid groups (broad SMARTS) is 1. The molecule has 0 aromatic heterocycles. The first-order valence-electron chi connectivity index (χ1n) is 8.04. The Kier molecular flexibility index (Phi) is 5.37. The van der Waals surface area contributed by atoms with Crippen molar-refractivity contribution in [3.63, 3.8) is 0 Å². The monoisotopic (exact) mass is 355 g/mol. The summed E-state index contributed by atoms with van der Waals surface area (Å²) >= 11 is 0. The topological polar surface area (TPSA) is 94.9 Å². The number of aliphatic carboxylic acids is 1. The SMILES string of the molecule is Cc1ccc(S(=O)(=O)N2C[C@H](O)CC[C@H]2CC(C)(C)C(=O)O)cc1. The predicted molar refractivity (Wildman–Crippen MR) is 90.1 cm³/mol. The third-order valence-electron chi connectivity index (χ3n) is 4.58. The van der Waals surface area contributed by atoms with Crippen LogP contribution in [0, 0.1) is 12.3 Å². The second-order valence-corrected chi connectivity index (χ2v) is 9.06. The normalized spacial score (nSPS) is 23.2. The Morgan fingerprint density at radius 2 is 1.83 bits per heavy atom. The number of carboxylic acids is 1. The number of benzene rings is 1. The van der Waals surface area contributed by atoms with E-state index < -0.39 is 33.6 Å². The van der Waals surface area contributed by atoms with Crippen LogP contribution in [0.1, 0.15) is 38.7 Å². The molecule has 0 aliphatic carbocycles. The maximum absolute atomic E-state index is 13.0. The minimum atomic E-state index is -3.78. The van der Waals surface area contributed by atoms with Crippen LogP contribution < -0.4 is 0 Å². The highest BCUT2D eigenvalue weighted by molar-refractivity contribution is 7.89. The third-order valence-corrected chi connectivity index (χ3v) is 6.52. The summed E-state index contributed by atoms with van der Waals surface area (Å²) in [4.78, 5) is 11.6. The highest BCUT2D eigenvalue weighted by atomic mass is 32.2. The summed E-state index contributed by atoms with van der Waals surface area (Å²) in [5, 5.41) is 19.3. The van der Waals surface area contributed by atoms with Gasteiger partial charge in [0.15, 0.2) is 0 Å². The van der Waals surface area contributed by atoms with Crippen molar-refractivity contribution < 1.29 is 23.4 Å². The Morgan fingerprint density at radius 1 is 1.25 bits per heavy atom. The van der Waals surface area contributed by atoms with Gasteiger partial charge in [0.25, 0.3) is 0 Å². The number of aryl methyl sites for hydroxylation is 1. The van der Waals surface area contributed by atoms with Crippen molar-refractivity contribution in [1.82, 2.24) is 4.31 Å². The molecule has 0 saturated carbocycles. The van der Waals surface area contributed by atoms with E-state index in [0.717, 1.165) is 5.56 Å². The Hall–Kier alpha value is -1.44. The molecule has 7 heteroatoms. The second-order valence-electron chi connectivity index (χ2n) is 7.17. The average molecular weight is 355 g/mol. The van der Waals surface area contributed by atoms with Gasteiger partial charge in [0, 0.05) is 12.6 Å². The summed E-state index contributed by atoms with van der Waals surface area (Å²) in [5.41, 5.74) is -0.0789. The lowest BCUT2D eigenvalue weighted by Gasteiger charge is -2.39. The van der Waals surface area contributed by atoms with E-state index in [0.29, 0.717) is 12.8 Å². The van der Waals surface area contributed by atoms with Gasteiger partial charge in [-0.05, 0) is 52.2 Å². The molecule has 0 amide bonds. The first kappa shape index (κ1) is 18.9. The molecule has 2 atom stereocenters. The van der Waals surface area contributed by atoms with Crippen LogP contribution >= 0.6 is 0 Å². The van der Waals surface area contributed by atoms with Gasteiger partial charge in [0.05, 0.1) is 16.4 Å². The highest BCUT2D eigenvalue weighted by Gasteiger charge is 2.41. The lowest BCUT2D eigenvalue weighted by Crippen LogP contribution is -2.50. The molecule has 1 fully saturated rings. The molecule has 0 unspecified atom stereocenters. The second kappa shape index (κ2) is 6.82. The van der Waals surface area contributed by atoms with Gasteiger partial charge in [-0.2, -0.15) is 4.31 Å². The lowest BCUT2D eigenvalue weighted by molar-refractivity contribution is -0.148. The van der Waals surface area contributed by atoms with Crippen molar-refractivity contribution in [3.8, 4) is 0 Å². The summed E-state index contributed by atoms with van der Waals surface area (Å²) in [6, 6.07) is 6.11. The molecule has 0 spiro atoms. The van der Waals surface area contributed by atoms with Crippen LogP contribution in [0.3, 0.4) is 0 Å². The molecule has 0 bridgehead atoms. The van der Waals surface area contributed by atoms with E-state index in [4.69, 9.17) is 0 Å². The fourth-order valence-electron chi connectivity index (χ4n) is 3.00. The van der Waals surface area contributed by atoms with Gasteiger partial charge in [-0.25, -0.2) is 8.42 Å². The van der Waals surface area contributed by atoms with Crippen molar-refractivity contribution in [2.75, 3.05) is 6.54 Å². The molecule has 1 aromatic rings. The molecule has 1 heterocycles. The third kappa shape index (κ3) is 3.96. The maximum atomic E-state index is 13.0. The molecular formula is C17H25NO5S. The smallest absolute Gasteiger partial charge is 0.309 e. The van der Waals surface area contributed by atoms with Crippen LogP contribution in [0.5, 0.6) is 0 Å². The van der Waals surface area contributed by atoms with E-state index in [2.05, 4.69) is 0 Å². The molecule has 1 aliphatic heterocycles. The Morgan fingerprint density at radius 3 is 2.38 bits per heavy atom. The number of aliphatic hydroxyl groups excluding tert-OH is 1. The fraction of sp³-hybridized carbons (Fsp3) is 0.588. The molecule has 6 nitrogen and oxygen atoms in total. The van der Waals surface area contributed by atoms with Crippen LogP contribution in [0.2, 0.25) is 0 Å². The van der Waals surface area contributed by atoms with E-state index in [1.807, 2.05) is 6.92 Å². The highest BCUT2D eigenvalue weighted by Crippen LogP contribution is 2.33. The van der Waals surface area contributed by atoms with Crippen LogP contribution in [-0.4, -0.2) is 47.6 Å². The summed E-state index contributed by atoms with van der Waals surface area (Å²) in [6.07, 6.45) is 0.401. The summed E-state index contributed by atoms with van der Waals surface area (Å²) in [7, 11) is -3.78. The summed E-state index contributed by atoms with van der Waals surface area (Å²) < 4.78 is 27.2. The Labute approximate surface area is 143 Å². The molecule has 1 saturated heterocycles. The number of hydrogen-bond donors (Lipinski definition) is 2. The average Bonchev–Trinajstić information content (AvgIpc) is 2.49. The zero-order chi connectivity index (χ0) is 18.1. The molecule has 134 valence electrons. The molecule has 2 N–H and O–H groups in total. The van der Waals surface area contributed by atoms with Crippen LogP contribution in [0.25, 0.3) is 0 Å². The van der Waals surface area contributed by atoms with Gasteiger partial charge >= 0.3 is 5.97 Å². The van der Waals surface area contributed by atoms with Gasteiger partial charge in [0.1, 0.15) is 0 Å². The number of rotatable bonds is 5. The maximum Gasteiger partial charge on any atom is 0.309 e. The minimum Gasteiger partial charge on any atom is -0.481 e. The first-order chi connectivity index (χ1) is 11.0. The van der Waals surface area contributed by atoms with Gasteiger partial charge in [-0.3, -0.25) is 4.79 Å². The quantitative estimate of drug-likeness (QED) is 0.842. The van der Waals surface area contributed by atoms with E-state index in [1.54, 1.807) is 38.1 Å². The number of β-amino-alcohol motifs (C(OH)–C–C–N with tert-alkyl or cyclic N) is 1. The van der Waals surface area contributed by atoms with Gasteiger partial charge in [0.2, 0.25) is 10.0 Å². The number of carbonyl (C=O) groups is 1. The Balaban J connectivity index is 2.34. The zero-order valence-electron chi connectivity index (χ0n) is 14.3. The van der Waals surface area contributed by atoms with Crippen LogP contribution in [0.15, 0.2) is 29.2 Å². The van der Waals surface area contributed by atoms with Gasteiger partial charge < -0.3 is 10.2 Å². The van der Waals surface area contributed by atoms with Crippen molar-refractivity contribution in [1.29, 1.82) is 0 Å². The minimum absolute atomic E-state index is 0.00340. The largest absolute Gasteiger partial charge is 0.481 e.